The topological polar surface area (TPSA) is 60.5 Å². The molecule has 98 valence electrons. The summed E-state index contributed by atoms with van der Waals surface area (Å²) in [4.78, 5) is 16.0. The van der Waals surface area contributed by atoms with Gasteiger partial charge >= 0.3 is 0 Å². The smallest absolute Gasteiger partial charge is 0.256 e. The predicted molar refractivity (Wildman–Crippen MR) is 72.0 cm³/mol. The maximum atomic E-state index is 12.0. The molecule has 0 saturated carbocycles. The molecule has 1 aromatic heterocycles. The van der Waals surface area contributed by atoms with Crippen LogP contribution in [0.25, 0.3) is 0 Å². The highest BCUT2D eigenvalue weighted by Gasteiger charge is 2.16. The van der Waals surface area contributed by atoms with Crippen LogP contribution in [0.3, 0.4) is 0 Å². The lowest BCUT2D eigenvalue weighted by Crippen LogP contribution is -2.12. The van der Waals surface area contributed by atoms with E-state index in [9.17, 15) is 4.79 Å². The van der Waals surface area contributed by atoms with Crippen molar-refractivity contribution in [1.29, 1.82) is 0 Å². The van der Waals surface area contributed by atoms with Gasteiger partial charge in [0.05, 0.1) is 0 Å². The number of fused-ring (bicyclic) bond motifs is 1. The predicted octanol–water partition coefficient (Wildman–Crippen LogP) is 2.48. The average molecular weight is 279 g/mol. The Bertz CT molecular complexity index is 590. The quantitative estimate of drug-likeness (QED) is 0.917. The fraction of sp³-hybridized carbons (Fsp3) is 0.0769. The van der Waals surface area contributed by atoms with Gasteiger partial charge in [-0.1, -0.05) is 6.07 Å². The Morgan fingerprint density at radius 3 is 2.79 bits per heavy atom. The third-order valence-corrected chi connectivity index (χ3v) is 2.54. The van der Waals surface area contributed by atoms with Crippen LogP contribution in [0.4, 0.5) is 5.82 Å². The van der Waals surface area contributed by atoms with Crippen molar-refractivity contribution in [3.8, 4) is 11.5 Å². The Morgan fingerprint density at radius 1 is 1.16 bits per heavy atom. The van der Waals surface area contributed by atoms with E-state index in [0.29, 0.717) is 22.9 Å². The van der Waals surface area contributed by atoms with Gasteiger partial charge in [-0.2, -0.15) is 0 Å². The summed E-state index contributed by atoms with van der Waals surface area (Å²) in [6.07, 6.45) is 1.62. The van der Waals surface area contributed by atoms with Gasteiger partial charge in [0.15, 0.2) is 11.5 Å². The molecule has 2 heterocycles. The van der Waals surface area contributed by atoms with Gasteiger partial charge in [-0.3, -0.25) is 4.79 Å². The molecule has 19 heavy (non-hydrogen) atoms. The molecule has 0 atom stereocenters. The van der Waals surface area contributed by atoms with E-state index in [-0.39, 0.29) is 25.1 Å². The number of halogens is 1. The summed E-state index contributed by atoms with van der Waals surface area (Å²) < 4.78 is 10.4. The summed E-state index contributed by atoms with van der Waals surface area (Å²) in [6, 6.07) is 10.4. The molecular weight excluding hydrogens is 268 g/mol. The molecule has 1 aliphatic rings. The number of rotatable bonds is 2. The lowest BCUT2D eigenvalue weighted by atomic mass is 10.2. The van der Waals surface area contributed by atoms with Crippen molar-refractivity contribution < 1.29 is 14.3 Å². The highest BCUT2D eigenvalue weighted by atomic mass is 35.5. The Balaban J connectivity index is 0.00000133. The summed E-state index contributed by atoms with van der Waals surface area (Å²) >= 11 is 0. The zero-order chi connectivity index (χ0) is 12.4. The molecule has 0 aliphatic carbocycles. The number of ether oxygens (including phenoxy) is 2. The lowest BCUT2D eigenvalue weighted by Gasteiger charge is -2.04. The molecule has 0 bridgehead atoms. The minimum atomic E-state index is -0.230. The van der Waals surface area contributed by atoms with Crippen LogP contribution in [0.5, 0.6) is 11.5 Å². The molecule has 5 nitrogen and oxygen atoms in total. The monoisotopic (exact) mass is 278 g/mol. The number of carbonyl (C=O) groups is 1. The maximum absolute atomic E-state index is 12.0. The largest absolute Gasteiger partial charge is 0.454 e. The van der Waals surface area contributed by atoms with E-state index in [1.54, 1.807) is 36.5 Å². The van der Waals surface area contributed by atoms with Crippen molar-refractivity contribution in [2.75, 3.05) is 12.1 Å². The highest BCUT2D eigenvalue weighted by molar-refractivity contribution is 6.04. The van der Waals surface area contributed by atoms with Gasteiger partial charge in [0.25, 0.3) is 5.91 Å². The average Bonchev–Trinajstić information content (AvgIpc) is 2.87. The number of anilines is 1. The van der Waals surface area contributed by atoms with Crippen molar-refractivity contribution in [3.63, 3.8) is 0 Å². The minimum Gasteiger partial charge on any atom is -0.454 e. The second-order valence-corrected chi connectivity index (χ2v) is 3.74. The van der Waals surface area contributed by atoms with Gasteiger partial charge in [0, 0.05) is 11.8 Å². The molecule has 0 fully saturated rings. The first-order chi connectivity index (χ1) is 8.83. The van der Waals surface area contributed by atoms with Crippen molar-refractivity contribution in [1.82, 2.24) is 4.98 Å². The number of benzene rings is 1. The van der Waals surface area contributed by atoms with Gasteiger partial charge < -0.3 is 14.8 Å². The molecule has 0 saturated heterocycles. The van der Waals surface area contributed by atoms with E-state index in [4.69, 9.17) is 9.47 Å². The SMILES string of the molecule is Cl.O=C(Nc1ccccn1)c1ccc2c(c1)OCO2. The summed E-state index contributed by atoms with van der Waals surface area (Å²) in [5, 5.41) is 2.70. The minimum absolute atomic E-state index is 0. The summed E-state index contributed by atoms with van der Waals surface area (Å²) in [5.41, 5.74) is 0.505. The molecule has 2 aromatic rings. The van der Waals surface area contributed by atoms with Gasteiger partial charge in [-0.15, -0.1) is 12.4 Å². The van der Waals surface area contributed by atoms with E-state index < -0.39 is 0 Å². The Kier molecular flexibility index (Phi) is 3.87. The summed E-state index contributed by atoms with van der Waals surface area (Å²) in [6.45, 7) is 0.195. The molecule has 0 spiro atoms. The first-order valence-electron chi connectivity index (χ1n) is 5.45. The van der Waals surface area contributed by atoms with E-state index in [1.165, 1.54) is 0 Å². The van der Waals surface area contributed by atoms with Crippen molar-refractivity contribution in [2.45, 2.75) is 0 Å². The fourth-order valence-electron chi connectivity index (χ4n) is 1.66. The van der Waals surface area contributed by atoms with Crippen LogP contribution in [-0.4, -0.2) is 17.7 Å². The maximum Gasteiger partial charge on any atom is 0.256 e. The third-order valence-electron chi connectivity index (χ3n) is 2.54. The zero-order valence-corrected chi connectivity index (χ0v) is 10.6. The van der Waals surface area contributed by atoms with E-state index in [1.807, 2.05) is 6.07 Å². The van der Waals surface area contributed by atoms with Crippen LogP contribution in [-0.2, 0) is 0 Å². The second-order valence-electron chi connectivity index (χ2n) is 3.74. The molecule has 1 N–H and O–H groups in total. The van der Waals surface area contributed by atoms with Gasteiger partial charge in [-0.25, -0.2) is 4.98 Å². The standard InChI is InChI=1S/C13H10N2O3.ClH/c16-13(15-12-3-1-2-6-14-12)9-4-5-10-11(7-9)18-8-17-10;/h1-7H,8H2,(H,14,15,16);1H. The molecular formula is C13H11ClN2O3. The number of pyridine rings is 1. The second kappa shape index (κ2) is 5.58. The van der Waals surface area contributed by atoms with Crippen molar-refractivity contribution in [2.24, 2.45) is 0 Å². The van der Waals surface area contributed by atoms with Crippen LogP contribution in [0.15, 0.2) is 42.6 Å². The van der Waals surface area contributed by atoms with Gasteiger partial charge in [-0.05, 0) is 30.3 Å². The number of amides is 1. The van der Waals surface area contributed by atoms with Gasteiger partial charge in [0.2, 0.25) is 6.79 Å². The van der Waals surface area contributed by atoms with Crippen LogP contribution < -0.4 is 14.8 Å². The van der Waals surface area contributed by atoms with E-state index in [2.05, 4.69) is 10.3 Å². The van der Waals surface area contributed by atoms with Crippen LogP contribution in [0, 0.1) is 0 Å². The molecule has 1 amide bonds. The fourth-order valence-corrected chi connectivity index (χ4v) is 1.66. The Hall–Kier alpha value is -2.27. The van der Waals surface area contributed by atoms with Crippen LogP contribution >= 0.6 is 12.4 Å². The van der Waals surface area contributed by atoms with Gasteiger partial charge in [0.1, 0.15) is 5.82 Å². The Labute approximate surface area is 116 Å². The first kappa shape index (κ1) is 13.2. The molecule has 0 unspecified atom stereocenters. The van der Waals surface area contributed by atoms with E-state index in [0.717, 1.165) is 0 Å². The van der Waals surface area contributed by atoms with Crippen molar-refractivity contribution >= 4 is 24.1 Å². The number of nitrogens with one attached hydrogen (secondary N) is 1. The molecule has 1 aromatic carbocycles. The molecule has 1 aliphatic heterocycles. The molecule has 0 radical (unpaired) electrons. The molecule has 3 rings (SSSR count). The summed E-state index contributed by atoms with van der Waals surface area (Å²) in [7, 11) is 0. The summed E-state index contributed by atoms with van der Waals surface area (Å²) in [5.74, 6) is 1.53. The van der Waals surface area contributed by atoms with Crippen LogP contribution in [0.2, 0.25) is 0 Å². The highest BCUT2D eigenvalue weighted by Crippen LogP contribution is 2.32. The normalized spacial score (nSPS) is 11.6. The van der Waals surface area contributed by atoms with Crippen molar-refractivity contribution in [3.05, 3.63) is 48.2 Å². The van der Waals surface area contributed by atoms with Crippen LogP contribution in [0.1, 0.15) is 10.4 Å². The lowest BCUT2D eigenvalue weighted by molar-refractivity contribution is 0.102. The number of nitrogens with zero attached hydrogens (tertiary/aromatic N) is 1. The number of hydrogen-bond donors (Lipinski definition) is 1. The first-order valence-corrected chi connectivity index (χ1v) is 5.45. The number of hydrogen-bond acceptors (Lipinski definition) is 4. The number of carbonyl (C=O) groups excluding carboxylic acids is 1. The molecule has 6 heteroatoms. The number of aromatic nitrogens is 1. The third kappa shape index (κ3) is 2.77. The van der Waals surface area contributed by atoms with E-state index >= 15 is 0 Å². The zero-order valence-electron chi connectivity index (χ0n) is 9.83. The Morgan fingerprint density at radius 2 is 2.00 bits per heavy atom.